The molecule has 1 saturated carbocycles. The van der Waals surface area contributed by atoms with E-state index in [0.29, 0.717) is 18.2 Å². The van der Waals surface area contributed by atoms with Gasteiger partial charge in [-0.3, -0.25) is 9.69 Å². The first kappa shape index (κ1) is 29.2. The smallest absolute Gasteiger partial charge is 0.251 e. The molecule has 0 aromatic heterocycles. The Morgan fingerprint density at radius 2 is 1.61 bits per heavy atom. The highest BCUT2D eigenvalue weighted by molar-refractivity contribution is 5.94. The van der Waals surface area contributed by atoms with E-state index in [1.165, 1.54) is 25.7 Å². The zero-order chi connectivity index (χ0) is 28.6. The SMILES string of the molecule is C=CCN(CC1OC(c2ccc(CNC(=O)c3ccccc3)cc2)OC(c2ccc(CO)cc2)C1C)C1CCCC1. The van der Waals surface area contributed by atoms with Crippen LogP contribution in [0.2, 0.25) is 0 Å². The predicted octanol–water partition coefficient (Wildman–Crippen LogP) is 6.33. The molecule has 1 heterocycles. The number of hydrogen-bond donors (Lipinski definition) is 2. The van der Waals surface area contributed by atoms with Crippen LogP contribution in [0.3, 0.4) is 0 Å². The Morgan fingerprint density at radius 3 is 2.27 bits per heavy atom. The van der Waals surface area contributed by atoms with Crippen molar-refractivity contribution in [2.45, 2.75) is 70.3 Å². The second-order valence-corrected chi connectivity index (χ2v) is 11.3. The molecule has 0 bridgehead atoms. The lowest BCUT2D eigenvalue weighted by atomic mass is 9.89. The molecule has 0 radical (unpaired) electrons. The predicted molar refractivity (Wildman–Crippen MR) is 161 cm³/mol. The summed E-state index contributed by atoms with van der Waals surface area (Å²) >= 11 is 0. The monoisotopic (exact) mass is 554 g/mol. The van der Waals surface area contributed by atoms with Crippen molar-refractivity contribution in [1.29, 1.82) is 0 Å². The van der Waals surface area contributed by atoms with Crippen LogP contribution in [0.1, 0.15) is 77.6 Å². The zero-order valence-corrected chi connectivity index (χ0v) is 24.0. The first-order chi connectivity index (χ1) is 20.1. The van der Waals surface area contributed by atoms with E-state index in [0.717, 1.165) is 35.3 Å². The fraction of sp³-hybridized carbons (Fsp3) is 0.400. The third-order valence-corrected chi connectivity index (χ3v) is 8.48. The summed E-state index contributed by atoms with van der Waals surface area (Å²) in [5.74, 6) is 0.0410. The number of nitrogens with zero attached hydrogens (tertiary/aromatic N) is 1. The van der Waals surface area contributed by atoms with E-state index in [4.69, 9.17) is 9.47 Å². The number of ether oxygens (including phenoxy) is 2. The van der Waals surface area contributed by atoms with Gasteiger partial charge in [0, 0.05) is 42.7 Å². The van der Waals surface area contributed by atoms with E-state index in [-0.39, 0.29) is 30.6 Å². The molecule has 1 saturated heterocycles. The largest absolute Gasteiger partial charge is 0.392 e. The molecule has 0 spiro atoms. The lowest BCUT2D eigenvalue weighted by Crippen LogP contribution is -2.47. The molecular formula is C35H42N2O4. The van der Waals surface area contributed by atoms with Crippen molar-refractivity contribution >= 4 is 5.91 Å². The van der Waals surface area contributed by atoms with E-state index in [1.54, 1.807) is 0 Å². The van der Waals surface area contributed by atoms with Crippen molar-refractivity contribution in [2.75, 3.05) is 13.1 Å². The highest BCUT2D eigenvalue weighted by Gasteiger charge is 2.40. The van der Waals surface area contributed by atoms with Crippen molar-refractivity contribution in [1.82, 2.24) is 10.2 Å². The Bertz CT molecular complexity index is 1260. The molecule has 3 aromatic rings. The molecule has 1 aliphatic heterocycles. The molecule has 1 amide bonds. The van der Waals surface area contributed by atoms with Crippen LogP contribution in [0.25, 0.3) is 0 Å². The second kappa shape index (κ2) is 14.1. The van der Waals surface area contributed by atoms with Gasteiger partial charge in [0.1, 0.15) is 0 Å². The van der Waals surface area contributed by atoms with E-state index < -0.39 is 6.29 Å². The van der Waals surface area contributed by atoms with Gasteiger partial charge in [0.15, 0.2) is 6.29 Å². The maximum atomic E-state index is 12.5. The number of aliphatic hydroxyl groups is 1. The van der Waals surface area contributed by atoms with Gasteiger partial charge in [0.05, 0.1) is 18.8 Å². The standard InChI is InChI=1S/C35H42N2O4/c1-3-21-37(31-11-7-8-12-31)23-32-25(2)33(28-17-15-27(24-38)16-18-28)41-35(40-32)30-19-13-26(14-20-30)22-36-34(39)29-9-5-4-6-10-29/h3-6,9-10,13-20,25,31-33,35,38H,1,7-8,11-12,21-24H2,2H3,(H,36,39). The van der Waals surface area contributed by atoms with Crippen LogP contribution in [0.5, 0.6) is 0 Å². The molecule has 2 aliphatic rings. The summed E-state index contributed by atoms with van der Waals surface area (Å²) in [6.07, 6.45) is 6.33. The molecule has 6 heteroatoms. The van der Waals surface area contributed by atoms with Crippen molar-refractivity contribution in [3.8, 4) is 0 Å². The number of carbonyl (C=O) groups is 1. The van der Waals surface area contributed by atoms with Gasteiger partial charge < -0.3 is 19.9 Å². The first-order valence-corrected chi connectivity index (χ1v) is 14.8. The van der Waals surface area contributed by atoms with Gasteiger partial charge in [-0.25, -0.2) is 0 Å². The molecule has 6 nitrogen and oxygen atoms in total. The van der Waals surface area contributed by atoms with E-state index in [2.05, 4.69) is 35.9 Å². The van der Waals surface area contributed by atoms with Crippen LogP contribution < -0.4 is 5.32 Å². The fourth-order valence-electron chi connectivity index (χ4n) is 6.03. The molecule has 41 heavy (non-hydrogen) atoms. The Balaban J connectivity index is 1.33. The maximum Gasteiger partial charge on any atom is 0.251 e. The number of carbonyl (C=O) groups excluding carboxylic acids is 1. The molecule has 1 aliphatic carbocycles. The first-order valence-electron chi connectivity index (χ1n) is 14.8. The quantitative estimate of drug-likeness (QED) is 0.271. The third-order valence-electron chi connectivity index (χ3n) is 8.48. The molecule has 216 valence electrons. The Morgan fingerprint density at radius 1 is 0.951 bits per heavy atom. The summed E-state index contributed by atoms with van der Waals surface area (Å²) in [6.45, 7) is 8.37. The van der Waals surface area contributed by atoms with Crippen LogP contribution in [0.15, 0.2) is 91.5 Å². The molecule has 2 N–H and O–H groups in total. The molecule has 4 unspecified atom stereocenters. The average molecular weight is 555 g/mol. The lowest BCUT2D eigenvalue weighted by molar-refractivity contribution is -0.276. The second-order valence-electron chi connectivity index (χ2n) is 11.3. The van der Waals surface area contributed by atoms with Gasteiger partial charge in [0.2, 0.25) is 0 Å². The van der Waals surface area contributed by atoms with Gasteiger partial charge in [-0.15, -0.1) is 6.58 Å². The Hall–Kier alpha value is -3.29. The minimum atomic E-state index is -0.513. The molecule has 2 fully saturated rings. The maximum absolute atomic E-state index is 12.5. The topological polar surface area (TPSA) is 71.0 Å². The molecule has 3 aromatic carbocycles. The number of rotatable bonds is 11. The van der Waals surface area contributed by atoms with Crippen molar-refractivity contribution in [3.63, 3.8) is 0 Å². The average Bonchev–Trinajstić information content (AvgIpc) is 3.56. The summed E-state index contributed by atoms with van der Waals surface area (Å²) in [7, 11) is 0. The Kier molecular flexibility index (Phi) is 10.0. The van der Waals surface area contributed by atoms with Gasteiger partial charge in [0.25, 0.3) is 5.91 Å². The van der Waals surface area contributed by atoms with Gasteiger partial charge in [-0.05, 0) is 41.7 Å². The minimum absolute atomic E-state index is 0.0196. The lowest BCUT2D eigenvalue weighted by Gasteiger charge is -2.43. The molecule has 5 rings (SSSR count). The van der Waals surface area contributed by atoms with Crippen molar-refractivity contribution < 1.29 is 19.4 Å². The van der Waals surface area contributed by atoms with Crippen LogP contribution in [0.4, 0.5) is 0 Å². The fourth-order valence-corrected chi connectivity index (χ4v) is 6.03. The van der Waals surface area contributed by atoms with Crippen molar-refractivity contribution in [3.05, 3.63) is 119 Å². The number of aliphatic hydroxyl groups excluding tert-OH is 1. The zero-order valence-electron chi connectivity index (χ0n) is 24.0. The number of benzene rings is 3. The Labute approximate surface area is 244 Å². The van der Waals surface area contributed by atoms with Crippen molar-refractivity contribution in [2.24, 2.45) is 5.92 Å². The summed E-state index contributed by atoms with van der Waals surface area (Å²) in [5, 5.41) is 12.5. The number of amides is 1. The molecule has 4 atom stereocenters. The normalized spacial score (nSPS) is 23.0. The van der Waals surface area contributed by atoms with Crippen LogP contribution in [-0.4, -0.2) is 41.1 Å². The van der Waals surface area contributed by atoms with Crippen LogP contribution in [0, 0.1) is 5.92 Å². The van der Waals surface area contributed by atoms with Gasteiger partial charge in [-0.2, -0.15) is 0 Å². The molecular weight excluding hydrogens is 512 g/mol. The van der Waals surface area contributed by atoms with Gasteiger partial charge in [-0.1, -0.05) is 92.6 Å². The van der Waals surface area contributed by atoms with E-state index >= 15 is 0 Å². The summed E-state index contributed by atoms with van der Waals surface area (Å²) in [6, 6.07) is 26.0. The number of nitrogens with one attached hydrogen (secondary N) is 1. The van der Waals surface area contributed by atoms with E-state index in [1.807, 2.05) is 72.8 Å². The van der Waals surface area contributed by atoms with Gasteiger partial charge >= 0.3 is 0 Å². The van der Waals surface area contributed by atoms with Crippen LogP contribution >= 0.6 is 0 Å². The van der Waals surface area contributed by atoms with Crippen LogP contribution in [-0.2, 0) is 22.6 Å². The van der Waals surface area contributed by atoms with E-state index in [9.17, 15) is 9.90 Å². The number of hydrogen-bond acceptors (Lipinski definition) is 5. The summed E-state index contributed by atoms with van der Waals surface area (Å²) in [4.78, 5) is 15.0. The highest BCUT2D eigenvalue weighted by Crippen LogP contribution is 2.42. The third kappa shape index (κ3) is 7.32. The minimum Gasteiger partial charge on any atom is -0.392 e. The summed E-state index contributed by atoms with van der Waals surface area (Å²) < 4.78 is 13.4. The highest BCUT2D eigenvalue weighted by atomic mass is 16.7. The summed E-state index contributed by atoms with van der Waals surface area (Å²) in [5.41, 5.74) is 4.58.